The molecule has 1 aromatic rings. The van der Waals surface area contributed by atoms with Crippen molar-refractivity contribution in [3.05, 3.63) is 34.9 Å². The van der Waals surface area contributed by atoms with Gasteiger partial charge in [0.25, 0.3) is 0 Å². The van der Waals surface area contributed by atoms with Crippen LogP contribution in [0.3, 0.4) is 0 Å². The predicted octanol–water partition coefficient (Wildman–Crippen LogP) is 2.44. The van der Waals surface area contributed by atoms with Gasteiger partial charge in [-0.3, -0.25) is 4.79 Å². The van der Waals surface area contributed by atoms with E-state index in [2.05, 4.69) is 5.32 Å². The quantitative estimate of drug-likeness (QED) is 0.890. The normalized spacial score (nSPS) is 18.3. The number of halogens is 1. The van der Waals surface area contributed by atoms with E-state index < -0.39 is 5.97 Å². The van der Waals surface area contributed by atoms with E-state index in [1.54, 1.807) is 22.7 Å². The number of nitrogens with one attached hydrogen (secondary N) is 1. The fourth-order valence-electron chi connectivity index (χ4n) is 2.21. The second-order valence-electron chi connectivity index (χ2n) is 4.77. The summed E-state index contributed by atoms with van der Waals surface area (Å²) in [6.07, 6.45) is -0.0213. The zero-order valence-corrected chi connectivity index (χ0v) is 13.0. The first kappa shape index (κ1) is 16.0. The van der Waals surface area contributed by atoms with Crippen LogP contribution in [-0.4, -0.2) is 46.1 Å². The second kappa shape index (κ2) is 7.56. The molecule has 1 unspecified atom stereocenters. The Morgan fingerprint density at radius 1 is 1.43 bits per heavy atom. The molecule has 0 aromatic heterocycles. The zero-order chi connectivity index (χ0) is 15.2. The largest absolute Gasteiger partial charge is 0.481 e. The number of urea groups is 1. The van der Waals surface area contributed by atoms with Gasteiger partial charge in [0.05, 0.1) is 12.5 Å². The summed E-state index contributed by atoms with van der Waals surface area (Å²) in [6, 6.07) is 6.82. The molecule has 7 heteroatoms. The third-order valence-corrected chi connectivity index (χ3v) is 4.75. The van der Waals surface area contributed by atoms with E-state index in [1.807, 2.05) is 18.2 Å². The Balaban J connectivity index is 1.94. The molecule has 0 bridgehead atoms. The van der Waals surface area contributed by atoms with Crippen molar-refractivity contribution in [3.8, 4) is 0 Å². The molecule has 1 aliphatic heterocycles. The maximum Gasteiger partial charge on any atom is 0.317 e. The number of thioether (sulfide) groups is 1. The number of carboxylic acids is 1. The predicted molar refractivity (Wildman–Crippen MR) is 83.8 cm³/mol. The van der Waals surface area contributed by atoms with Gasteiger partial charge in [-0.15, -0.1) is 0 Å². The molecule has 2 rings (SSSR count). The van der Waals surface area contributed by atoms with E-state index >= 15 is 0 Å². The Hall–Kier alpha value is -1.40. The molecule has 1 saturated heterocycles. The molecule has 1 aromatic carbocycles. The number of carbonyl (C=O) groups excluding carboxylic acids is 1. The van der Waals surface area contributed by atoms with Gasteiger partial charge in [-0.25, -0.2) is 4.79 Å². The smallest absolute Gasteiger partial charge is 0.317 e. The van der Waals surface area contributed by atoms with E-state index in [0.717, 1.165) is 11.3 Å². The van der Waals surface area contributed by atoms with Crippen LogP contribution in [0.5, 0.6) is 0 Å². The summed E-state index contributed by atoms with van der Waals surface area (Å²) in [6.45, 7) is 0.902. The summed E-state index contributed by atoms with van der Waals surface area (Å²) in [7, 11) is 0. The van der Waals surface area contributed by atoms with Crippen LogP contribution in [-0.2, 0) is 11.3 Å². The lowest BCUT2D eigenvalue weighted by atomic mass is 10.2. The Morgan fingerprint density at radius 3 is 2.90 bits per heavy atom. The third kappa shape index (κ3) is 4.54. The molecule has 1 aliphatic rings. The van der Waals surface area contributed by atoms with Gasteiger partial charge in [0, 0.05) is 29.6 Å². The fraction of sp³-hybridized carbons (Fsp3) is 0.429. The second-order valence-corrected chi connectivity index (χ2v) is 6.33. The highest BCUT2D eigenvalue weighted by atomic mass is 35.5. The summed E-state index contributed by atoms with van der Waals surface area (Å²) in [5.74, 6) is 0.605. The topological polar surface area (TPSA) is 69.6 Å². The summed E-state index contributed by atoms with van der Waals surface area (Å²) < 4.78 is 0. The van der Waals surface area contributed by atoms with Gasteiger partial charge >= 0.3 is 12.0 Å². The van der Waals surface area contributed by atoms with Crippen molar-refractivity contribution in [2.75, 3.05) is 18.1 Å². The number of aliphatic carboxylic acids is 1. The van der Waals surface area contributed by atoms with Crippen molar-refractivity contribution in [2.24, 2.45) is 0 Å². The number of amides is 2. The van der Waals surface area contributed by atoms with E-state index in [4.69, 9.17) is 16.7 Å². The van der Waals surface area contributed by atoms with Crippen LogP contribution in [0.15, 0.2) is 24.3 Å². The van der Waals surface area contributed by atoms with Crippen molar-refractivity contribution in [3.63, 3.8) is 0 Å². The van der Waals surface area contributed by atoms with Gasteiger partial charge in [0.2, 0.25) is 0 Å². The van der Waals surface area contributed by atoms with Crippen LogP contribution >= 0.6 is 23.4 Å². The van der Waals surface area contributed by atoms with E-state index in [9.17, 15) is 9.59 Å². The maximum atomic E-state index is 12.2. The van der Waals surface area contributed by atoms with E-state index in [1.165, 1.54) is 0 Å². The lowest BCUT2D eigenvalue weighted by Gasteiger charge is -2.34. The lowest BCUT2D eigenvalue weighted by molar-refractivity contribution is -0.137. The fourth-order valence-corrected chi connectivity index (χ4v) is 3.47. The molecule has 114 valence electrons. The molecule has 1 atom stereocenters. The minimum absolute atomic E-state index is 0.0213. The number of carboxylic acid groups (broad SMARTS) is 1. The molecule has 2 N–H and O–H groups in total. The van der Waals surface area contributed by atoms with Gasteiger partial charge in [0.15, 0.2) is 0 Å². The Kier molecular flexibility index (Phi) is 5.76. The highest BCUT2D eigenvalue weighted by molar-refractivity contribution is 7.99. The SMILES string of the molecule is O=C(O)CC1CSCCN1C(=O)NCc1ccccc1Cl. The minimum Gasteiger partial charge on any atom is -0.481 e. The van der Waals surface area contributed by atoms with Gasteiger partial charge in [-0.1, -0.05) is 29.8 Å². The molecule has 21 heavy (non-hydrogen) atoms. The summed E-state index contributed by atoms with van der Waals surface area (Å²) in [4.78, 5) is 24.7. The van der Waals surface area contributed by atoms with Crippen LogP contribution in [0.1, 0.15) is 12.0 Å². The average molecular weight is 329 g/mol. The molecular weight excluding hydrogens is 312 g/mol. The molecular formula is C14H17ClN2O3S. The van der Waals surface area contributed by atoms with Crippen LogP contribution in [0.2, 0.25) is 5.02 Å². The number of carbonyl (C=O) groups is 2. The minimum atomic E-state index is -0.883. The Labute approximate surface area is 132 Å². The zero-order valence-electron chi connectivity index (χ0n) is 11.4. The van der Waals surface area contributed by atoms with Crippen molar-refractivity contribution < 1.29 is 14.7 Å². The Morgan fingerprint density at radius 2 is 2.19 bits per heavy atom. The highest BCUT2D eigenvalue weighted by Gasteiger charge is 2.28. The maximum absolute atomic E-state index is 12.2. The number of hydrogen-bond acceptors (Lipinski definition) is 3. The monoisotopic (exact) mass is 328 g/mol. The molecule has 5 nitrogen and oxygen atoms in total. The third-order valence-electron chi connectivity index (χ3n) is 3.29. The van der Waals surface area contributed by atoms with E-state index in [0.29, 0.717) is 23.9 Å². The molecule has 0 radical (unpaired) electrons. The molecule has 1 heterocycles. The number of nitrogens with zero attached hydrogens (tertiary/aromatic N) is 1. The lowest BCUT2D eigenvalue weighted by Crippen LogP contribution is -2.51. The molecule has 0 aliphatic carbocycles. The molecule has 0 spiro atoms. The van der Waals surface area contributed by atoms with Crippen molar-refractivity contribution in [1.82, 2.24) is 10.2 Å². The number of hydrogen-bond donors (Lipinski definition) is 2. The first-order valence-corrected chi connectivity index (χ1v) is 8.18. The summed E-state index contributed by atoms with van der Waals surface area (Å²) >= 11 is 7.72. The van der Waals surface area contributed by atoms with Crippen molar-refractivity contribution >= 4 is 35.4 Å². The molecule has 0 saturated carbocycles. The van der Waals surface area contributed by atoms with Gasteiger partial charge in [-0.2, -0.15) is 11.8 Å². The molecule has 2 amide bonds. The van der Waals surface area contributed by atoms with Crippen molar-refractivity contribution in [2.45, 2.75) is 19.0 Å². The van der Waals surface area contributed by atoms with Crippen LogP contribution < -0.4 is 5.32 Å². The average Bonchev–Trinajstić information content (AvgIpc) is 2.46. The summed E-state index contributed by atoms with van der Waals surface area (Å²) in [5.41, 5.74) is 0.841. The van der Waals surface area contributed by atoms with E-state index in [-0.39, 0.29) is 18.5 Å². The van der Waals surface area contributed by atoms with Crippen molar-refractivity contribution in [1.29, 1.82) is 0 Å². The number of rotatable bonds is 4. The first-order chi connectivity index (χ1) is 10.1. The van der Waals surface area contributed by atoms with Crippen LogP contribution in [0.25, 0.3) is 0 Å². The van der Waals surface area contributed by atoms with Crippen LogP contribution in [0.4, 0.5) is 4.79 Å². The van der Waals surface area contributed by atoms with Gasteiger partial charge in [-0.05, 0) is 11.6 Å². The molecule has 1 fully saturated rings. The Bertz CT molecular complexity index is 527. The standard InChI is InChI=1S/C14H17ClN2O3S/c15-12-4-2-1-3-10(12)8-16-14(20)17-5-6-21-9-11(17)7-13(18)19/h1-4,11H,5-9H2,(H,16,20)(H,18,19). The highest BCUT2D eigenvalue weighted by Crippen LogP contribution is 2.20. The van der Waals surface area contributed by atoms with Gasteiger partial charge in [0.1, 0.15) is 0 Å². The number of benzene rings is 1. The van der Waals surface area contributed by atoms with Crippen LogP contribution in [0, 0.1) is 0 Å². The first-order valence-electron chi connectivity index (χ1n) is 6.65. The summed E-state index contributed by atoms with van der Waals surface area (Å²) in [5, 5.41) is 12.3. The van der Waals surface area contributed by atoms with Gasteiger partial charge < -0.3 is 15.3 Å².